The molecule has 3 aromatic rings. The molecule has 0 saturated heterocycles. The van der Waals surface area contributed by atoms with Gasteiger partial charge in [-0.2, -0.15) is 0 Å². The second kappa shape index (κ2) is 8.70. The number of anilines is 2. The lowest BCUT2D eigenvalue weighted by Crippen LogP contribution is -2.26. The summed E-state index contributed by atoms with van der Waals surface area (Å²) in [6.07, 6.45) is 0. The fourth-order valence-electron chi connectivity index (χ4n) is 3.36. The molecule has 3 aromatic carbocycles. The molecule has 0 aromatic heterocycles. The summed E-state index contributed by atoms with van der Waals surface area (Å²) in [6, 6.07) is 18.6. The van der Waals surface area contributed by atoms with Gasteiger partial charge in [0.25, 0.3) is 10.0 Å². The highest BCUT2D eigenvalue weighted by molar-refractivity contribution is 7.93. The maximum Gasteiger partial charge on any atom is 0.268 e. The highest BCUT2D eigenvalue weighted by Gasteiger charge is 2.29. The van der Waals surface area contributed by atoms with Crippen molar-refractivity contribution >= 4 is 33.0 Å². The Labute approximate surface area is 183 Å². The number of sulfonamides is 1. The topological polar surface area (TPSA) is 57.6 Å². The van der Waals surface area contributed by atoms with Crippen LogP contribution in [-0.2, 0) is 10.0 Å². The summed E-state index contributed by atoms with van der Waals surface area (Å²) in [5.41, 5.74) is 2.43. The van der Waals surface area contributed by atoms with Gasteiger partial charge >= 0.3 is 0 Å². The molecule has 1 N–H and O–H groups in total. The fraction of sp³-hybridized carbons (Fsp3) is 0.250. The monoisotopic (exact) mass is 443 g/mol. The first-order chi connectivity index (χ1) is 14.1. The van der Waals surface area contributed by atoms with Crippen LogP contribution in [0.2, 0.25) is 5.02 Å². The van der Waals surface area contributed by atoms with Crippen molar-refractivity contribution in [2.75, 3.05) is 4.31 Å². The molecule has 0 atom stereocenters. The second-order valence-electron chi connectivity index (χ2n) is 7.84. The Bertz CT molecular complexity index is 1100. The normalized spacial score (nSPS) is 11.8. The molecule has 0 spiro atoms. The molecule has 0 amide bonds. The Morgan fingerprint density at radius 1 is 0.800 bits per heavy atom. The van der Waals surface area contributed by atoms with Gasteiger partial charge in [-0.05, 0) is 71.5 Å². The van der Waals surface area contributed by atoms with Gasteiger partial charge in [0, 0.05) is 5.02 Å². The molecular formula is C24H26ClNO3S. The van der Waals surface area contributed by atoms with E-state index in [9.17, 15) is 13.5 Å². The molecule has 0 fully saturated rings. The largest absolute Gasteiger partial charge is 0.507 e. The number of phenols is 1. The van der Waals surface area contributed by atoms with Crippen LogP contribution in [-0.4, -0.2) is 13.5 Å². The van der Waals surface area contributed by atoms with Crippen LogP contribution in [0.1, 0.15) is 50.7 Å². The van der Waals surface area contributed by atoms with Crippen LogP contribution in [0.15, 0.2) is 71.6 Å². The maximum atomic E-state index is 13.7. The smallest absolute Gasteiger partial charge is 0.268 e. The molecule has 0 radical (unpaired) electrons. The Balaban J connectivity index is 2.31. The lowest BCUT2D eigenvalue weighted by Gasteiger charge is -2.27. The lowest BCUT2D eigenvalue weighted by atomic mass is 9.93. The lowest BCUT2D eigenvalue weighted by molar-refractivity contribution is 0.454. The highest BCUT2D eigenvalue weighted by atomic mass is 35.5. The van der Waals surface area contributed by atoms with E-state index in [1.54, 1.807) is 48.5 Å². The SMILES string of the molecule is CC(C)c1cc(N(c2ccccc2)S(=O)(=O)c2ccc(Cl)cc2)cc(C(C)C)c1O. The van der Waals surface area contributed by atoms with Crippen molar-refractivity contribution in [3.05, 3.63) is 82.9 Å². The summed E-state index contributed by atoms with van der Waals surface area (Å²) in [6.45, 7) is 7.90. The van der Waals surface area contributed by atoms with E-state index in [-0.39, 0.29) is 22.5 Å². The number of hydrogen-bond acceptors (Lipinski definition) is 3. The van der Waals surface area contributed by atoms with Crippen molar-refractivity contribution in [1.29, 1.82) is 0 Å². The van der Waals surface area contributed by atoms with E-state index in [2.05, 4.69) is 0 Å². The molecule has 30 heavy (non-hydrogen) atoms. The van der Waals surface area contributed by atoms with E-state index in [0.29, 0.717) is 27.5 Å². The van der Waals surface area contributed by atoms with E-state index < -0.39 is 10.0 Å². The number of hydrogen-bond donors (Lipinski definition) is 1. The van der Waals surface area contributed by atoms with Crippen LogP contribution in [0.5, 0.6) is 5.75 Å². The van der Waals surface area contributed by atoms with E-state index in [4.69, 9.17) is 11.6 Å². The van der Waals surface area contributed by atoms with Crippen molar-refractivity contribution in [3.8, 4) is 5.75 Å². The minimum absolute atomic E-state index is 0.0262. The van der Waals surface area contributed by atoms with E-state index in [0.717, 1.165) is 0 Å². The van der Waals surface area contributed by atoms with Crippen LogP contribution in [0, 0.1) is 0 Å². The molecule has 0 saturated carbocycles. The van der Waals surface area contributed by atoms with Crippen molar-refractivity contribution in [3.63, 3.8) is 0 Å². The third-order valence-electron chi connectivity index (χ3n) is 4.97. The summed E-state index contributed by atoms with van der Waals surface area (Å²) >= 11 is 5.97. The third-order valence-corrected chi connectivity index (χ3v) is 7.00. The molecule has 6 heteroatoms. The maximum absolute atomic E-state index is 13.7. The van der Waals surface area contributed by atoms with Gasteiger partial charge in [-0.1, -0.05) is 57.5 Å². The Morgan fingerprint density at radius 3 is 1.77 bits per heavy atom. The second-order valence-corrected chi connectivity index (χ2v) is 10.1. The van der Waals surface area contributed by atoms with Gasteiger partial charge in [-0.15, -0.1) is 0 Å². The van der Waals surface area contributed by atoms with E-state index in [1.807, 2.05) is 33.8 Å². The summed E-state index contributed by atoms with van der Waals surface area (Å²) in [5.74, 6) is 0.275. The average molecular weight is 444 g/mol. The van der Waals surface area contributed by atoms with E-state index in [1.165, 1.54) is 16.4 Å². The first-order valence-electron chi connectivity index (χ1n) is 9.85. The molecule has 0 aliphatic heterocycles. The molecular weight excluding hydrogens is 418 g/mol. The zero-order valence-corrected chi connectivity index (χ0v) is 19.1. The van der Waals surface area contributed by atoms with Crippen molar-refractivity contribution in [2.45, 2.75) is 44.4 Å². The fourth-order valence-corrected chi connectivity index (χ4v) is 4.96. The van der Waals surface area contributed by atoms with Crippen LogP contribution >= 0.6 is 11.6 Å². The van der Waals surface area contributed by atoms with Crippen molar-refractivity contribution in [1.82, 2.24) is 0 Å². The predicted molar refractivity (Wildman–Crippen MR) is 124 cm³/mol. The zero-order valence-electron chi connectivity index (χ0n) is 17.5. The molecule has 0 aliphatic carbocycles. The van der Waals surface area contributed by atoms with Crippen molar-refractivity contribution in [2.24, 2.45) is 0 Å². The summed E-state index contributed by atoms with van der Waals surface area (Å²) < 4.78 is 28.8. The Kier molecular flexibility index (Phi) is 6.44. The van der Waals surface area contributed by atoms with Gasteiger partial charge < -0.3 is 5.11 Å². The van der Waals surface area contributed by atoms with Gasteiger partial charge in [0.15, 0.2) is 0 Å². The average Bonchev–Trinajstić information content (AvgIpc) is 2.69. The first kappa shape index (κ1) is 22.2. The number of aromatic hydroxyl groups is 1. The van der Waals surface area contributed by atoms with Crippen molar-refractivity contribution < 1.29 is 13.5 Å². The number of para-hydroxylation sites is 1. The van der Waals surface area contributed by atoms with Crippen LogP contribution in [0.25, 0.3) is 0 Å². The highest BCUT2D eigenvalue weighted by Crippen LogP contribution is 2.41. The molecule has 0 heterocycles. The number of phenolic OH excluding ortho intramolecular Hbond substituents is 1. The molecule has 0 unspecified atom stereocenters. The van der Waals surface area contributed by atoms with Crippen LogP contribution in [0.3, 0.4) is 0 Å². The first-order valence-corrected chi connectivity index (χ1v) is 11.7. The van der Waals surface area contributed by atoms with Crippen LogP contribution in [0.4, 0.5) is 11.4 Å². The number of halogens is 1. The minimum Gasteiger partial charge on any atom is -0.507 e. The minimum atomic E-state index is -3.93. The Hall–Kier alpha value is -2.50. The van der Waals surface area contributed by atoms with Gasteiger partial charge in [0.2, 0.25) is 0 Å². The molecule has 3 rings (SSSR count). The Morgan fingerprint density at radius 2 is 1.30 bits per heavy atom. The third kappa shape index (κ3) is 4.32. The number of benzene rings is 3. The molecule has 4 nitrogen and oxygen atoms in total. The molecule has 0 aliphatic rings. The predicted octanol–water partition coefficient (Wildman–Crippen LogP) is 6.82. The van der Waals surface area contributed by atoms with Crippen LogP contribution < -0.4 is 4.31 Å². The summed E-state index contributed by atoms with van der Waals surface area (Å²) in [4.78, 5) is 0.140. The number of nitrogens with zero attached hydrogens (tertiary/aromatic N) is 1. The molecule has 0 bridgehead atoms. The zero-order chi connectivity index (χ0) is 22.1. The van der Waals surface area contributed by atoms with Gasteiger partial charge in [0.1, 0.15) is 5.75 Å². The van der Waals surface area contributed by atoms with Gasteiger partial charge in [0.05, 0.1) is 16.3 Å². The quantitative estimate of drug-likeness (QED) is 0.454. The summed E-state index contributed by atoms with van der Waals surface area (Å²) in [5, 5.41) is 11.2. The summed E-state index contributed by atoms with van der Waals surface area (Å²) in [7, 11) is -3.93. The molecule has 158 valence electrons. The van der Waals surface area contributed by atoms with Gasteiger partial charge in [-0.3, -0.25) is 0 Å². The van der Waals surface area contributed by atoms with E-state index >= 15 is 0 Å². The number of rotatable bonds is 6. The van der Waals surface area contributed by atoms with Gasteiger partial charge in [-0.25, -0.2) is 12.7 Å². The standard InChI is InChI=1S/C24H26ClNO3S/c1-16(2)22-14-20(15-23(17(3)4)24(22)27)26(19-8-6-5-7-9-19)30(28,29)21-12-10-18(25)11-13-21/h5-17,27H,1-4H3.